The fourth-order valence-corrected chi connectivity index (χ4v) is 1.05. The number of hydrogen-bond acceptors (Lipinski definition) is 4. The highest BCUT2D eigenvalue weighted by molar-refractivity contribution is 5.85. The van der Waals surface area contributed by atoms with E-state index in [2.05, 4.69) is 24.5 Å². The van der Waals surface area contributed by atoms with Crippen molar-refractivity contribution in [3.05, 3.63) is 0 Å². The van der Waals surface area contributed by atoms with Crippen LogP contribution in [-0.4, -0.2) is 63.8 Å². The summed E-state index contributed by atoms with van der Waals surface area (Å²) in [5, 5.41) is 6.03. The number of methoxy groups -OCH3 is 1. The summed E-state index contributed by atoms with van der Waals surface area (Å²) in [6.45, 7) is 7.55. The highest BCUT2D eigenvalue weighted by Gasteiger charge is 2.07. The van der Waals surface area contributed by atoms with Gasteiger partial charge in [-0.25, -0.2) is 0 Å². The van der Waals surface area contributed by atoms with Gasteiger partial charge in [-0.15, -0.1) is 24.8 Å². The summed E-state index contributed by atoms with van der Waals surface area (Å²) >= 11 is 0. The van der Waals surface area contributed by atoms with E-state index in [4.69, 9.17) is 4.74 Å². The lowest BCUT2D eigenvalue weighted by Crippen LogP contribution is -2.40. The first-order valence-electron chi connectivity index (χ1n) is 5.74. The van der Waals surface area contributed by atoms with Crippen LogP contribution in [0.3, 0.4) is 0 Å². The molecule has 0 unspecified atom stereocenters. The van der Waals surface area contributed by atoms with E-state index in [-0.39, 0.29) is 30.7 Å². The van der Waals surface area contributed by atoms with Crippen LogP contribution in [-0.2, 0) is 9.53 Å². The molecule has 0 saturated heterocycles. The Morgan fingerprint density at radius 3 is 2.33 bits per heavy atom. The molecule has 0 aliphatic rings. The van der Waals surface area contributed by atoms with Crippen molar-refractivity contribution in [3.8, 4) is 0 Å². The van der Waals surface area contributed by atoms with E-state index in [9.17, 15) is 4.79 Å². The van der Waals surface area contributed by atoms with Crippen LogP contribution in [0.1, 0.15) is 13.8 Å². The smallest absolute Gasteiger partial charge is 0.234 e. The van der Waals surface area contributed by atoms with E-state index < -0.39 is 0 Å². The van der Waals surface area contributed by atoms with Crippen molar-refractivity contribution in [2.75, 3.05) is 46.9 Å². The lowest BCUT2D eigenvalue weighted by Gasteiger charge is -2.20. The Labute approximate surface area is 123 Å². The van der Waals surface area contributed by atoms with Gasteiger partial charge in [0.15, 0.2) is 0 Å². The largest absolute Gasteiger partial charge is 0.383 e. The summed E-state index contributed by atoms with van der Waals surface area (Å²) in [5.74, 6) is 0.0738. The molecule has 0 radical (unpaired) electrons. The molecule has 1 amide bonds. The van der Waals surface area contributed by atoms with Crippen molar-refractivity contribution in [1.29, 1.82) is 0 Å². The fraction of sp³-hybridized carbons (Fsp3) is 0.909. The SMILES string of the molecule is COCCNCCNC(=O)CN(C)C(C)C.Cl.Cl. The monoisotopic (exact) mass is 303 g/mol. The summed E-state index contributed by atoms with van der Waals surface area (Å²) < 4.78 is 4.89. The minimum Gasteiger partial charge on any atom is -0.383 e. The number of amides is 1. The third-order valence-electron chi connectivity index (χ3n) is 2.38. The fourth-order valence-electron chi connectivity index (χ4n) is 1.05. The zero-order chi connectivity index (χ0) is 12.4. The van der Waals surface area contributed by atoms with Gasteiger partial charge in [-0.05, 0) is 20.9 Å². The van der Waals surface area contributed by atoms with Crippen molar-refractivity contribution in [2.24, 2.45) is 0 Å². The van der Waals surface area contributed by atoms with Crippen LogP contribution in [0.4, 0.5) is 0 Å². The maximum absolute atomic E-state index is 11.4. The molecule has 0 aliphatic carbocycles. The average molecular weight is 304 g/mol. The van der Waals surface area contributed by atoms with Gasteiger partial charge >= 0.3 is 0 Å². The minimum atomic E-state index is 0. The van der Waals surface area contributed by atoms with Crippen molar-refractivity contribution >= 4 is 30.7 Å². The highest BCUT2D eigenvalue weighted by Crippen LogP contribution is 1.91. The Kier molecular flexibility index (Phi) is 19.2. The molecule has 0 fully saturated rings. The molecule has 2 N–H and O–H groups in total. The van der Waals surface area contributed by atoms with Gasteiger partial charge in [0.05, 0.1) is 13.2 Å². The van der Waals surface area contributed by atoms with Crippen LogP contribution in [0.2, 0.25) is 0 Å². The third-order valence-corrected chi connectivity index (χ3v) is 2.38. The van der Waals surface area contributed by atoms with E-state index >= 15 is 0 Å². The summed E-state index contributed by atoms with van der Waals surface area (Å²) in [6.07, 6.45) is 0. The normalized spacial score (nSPS) is 9.89. The van der Waals surface area contributed by atoms with Gasteiger partial charge in [0.2, 0.25) is 5.91 Å². The second kappa shape index (κ2) is 15.0. The number of ether oxygens (including phenoxy) is 1. The molecule has 0 spiro atoms. The minimum absolute atomic E-state index is 0. The Hall–Kier alpha value is -0.0700. The third kappa shape index (κ3) is 14.0. The number of nitrogens with one attached hydrogen (secondary N) is 2. The van der Waals surface area contributed by atoms with E-state index in [1.165, 1.54) is 0 Å². The molecule has 0 aromatic rings. The number of nitrogens with zero attached hydrogens (tertiary/aromatic N) is 1. The van der Waals surface area contributed by atoms with Crippen LogP contribution < -0.4 is 10.6 Å². The predicted octanol–water partition coefficient (Wildman–Crippen LogP) is 0.522. The molecule has 0 heterocycles. The Balaban J connectivity index is -0.00000112. The zero-order valence-electron chi connectivity index (χ0n) is 11.7. The highest BCUT2D eigenvalue weighted by atomic mass is 35.5. The summed E-state index contributed by atoms with van der Waals surface area (Å²) in [4.78, 5) is 13.4. The van der Waals surface area contributed by atoms with Crippen molar-refractivity contribution in [3.63, 3.8) is 0 Å². The molecular weight excluding hydrogens is 277 g/mol. The van der Waals surface area contributed by atoms with Gasteiger partial charge < -0.3 is 15.4 Å². The lowest BCUT2D eigenvalue weighted by molar-refractivity contribution is -0.122. The number of likely N-dealkylation sites (N-methyl/N-ethyl adjacent to an activating group) is 1. The molecule has 18 heavy (non-hydrogen) atoms. The van der Waals surface area contributed by atoms with Crippen molar-refractivity contribution in [1.82, 2.24) is 15.5 Å². The summed E-state index contributed by atoms with van der Waals surface area (Å²) in [5.41, 5.74) is 0. The first-order valence-corrected chi connectivity index (χ1v) is 5.74. The van der Waals surface area contributed by atoms with Crippen molar-refractivity contribution < 1.29 is 9.53 Å². The van der Waals surface area contributed by atoms with E-state index in [1.54, 1.807) is 7.11 Å². The number of halogens is 2. The predicted molar refractivity (Wildman–Crippen MR) is 80.0 cm³/mol. The maximum atomic E-state index is 11.4. The Bertz CT molecular complexity index is 195. The summed E-state index contributed by atoms with van der Waals surface area (Å²) in [6, 6.07) is 0.394. The van der Waals surface area contributed by atoms with E-state index in [0.29, 0.717) is 25.7 Å². The first kappa shape index (κ1) is 23.1. The van der Waals surface area contributed by atoms with Gasteiger partial charge in [0.25, 0.3) is 0 Å². The van der Waals surface area contributed by atoms with Gasteiger partial charge in [-0.2, -0.15) is 0 Å². The zero-order valence-corrected chi connectivity index (χ0v) is 13.3. The molecule has 0 aromatic carbocycles. The lowest BCUT2D eigenvalue weighted by atomic mass is 10.3. The number of carbonyl (C=O) groups excluding carboxylic acids is 1. The number of rotatable bonds is 9. The maximum Gasteiger partial charge on any atom is 0.234 e. The number of hydrogen-bond donors (Lipinski definition) is 2. The van der Waals surface area contributed by atoms with Crippen molar-refractivity contribution in [2.45, 2.75) is 19.9 Å². The topological polar surface area (TPSA) is 53.6 Å². The van der Waals surface area contributed by atoms with Crippen LogP contribution >= 0.6 is 24.8 Å². The molecular formula is C11H27Cl2N3O2. The van der Waals surface area contributed by atoms with Crippen LogP contribution in [0.5, 0.6) is 0 Å². The molecule has 0 atom stereocenters. The quantitative estimate of drug-likeness (QED) is 0.610. The molecule has 0 bridgehead atoms. The molecule has 112 valence electrons. The van der Waals surface area contributed by atoms with E-state index in [1.807, 2.05) is 11.9 Å². The van der Waals surface area contributed by atoms with E-state index in [0.717, 1.165) is 13.1 Å². The van der Waals surface area contributed by atoms with Crippen LogP contribution in [0.15, 0.2) is 0 Å². The van der Waals surface area contributed by atoms with Gasteiger partial charge in [0, 0.05) is 32.8 Å². The van der Waals surface area contributed by atoms with Crippen LogP contribution in [0.25, 0.3) is 0 Å². The second-order valence-electron chi connectivity index (χ2n) is 4.10. The number of carbonyl (C=O) groups is 1. The van der Waals surface area contributed by atoms with Crippen LogP contribution in [0, 0.1) is 0 Å². The summed E-state index contributed by atoms with van der Waals surface area (Å²) in [7, 11) is 3.62. The van der Waals surface area contributed by atoms with Gasteiger partial charge in [-0.3, -0.25) is 9.69 Å². The Morgan fingerprint density at radius 2 is 1.83 bits per heavy atom. The van der Waals surface area contributed by atoms with Gasteiger partial charge in [0.1, 0.15) is 0 Å². The second-order valence-corrected chi connectivity index (χ2v) is 4.10. The molecule has 0 aliphatic heterocycles. The molecule has 0 saturated carbocycles. The van der Waals surface area contributed by atoms with Gasteiger partial charge in [-0.1, -0.05) is 0 Å². The average Bonchev–Trinajstić information content (AvgIpc) is 2.23. The first-order chi connectivity index (χ1) is 7.57. The molecule has 7 heteroatoms. The molecule has 0 aromatic heterocycles. The Morgan fingerprint density at radius 1 is 1.22 bits per heavy atom. The standard InChI is InChI=1S/C11H25N3O2.2ClH/c1-10(2)14(3)9-11(15)13-6-5-12-7-8-16-4;;/h10,12H,5-9H2,1-4H3,(H,13,15);2*1H. The molecule has 0 rings (SSSR count). The molecule has 5 nitrogen and oxygen atoms in total.